The van der Waals surface area contributed by atoms with Crippen LogP contribution in [0.25, 0.3) is 0 Å². The van der Waals surface area contributed by atoms with Crippen LogP contribution in [0.4, 0.5) is 5.69 Å². The first-order valence-corrected chi connectivity index (χ1v) is 11.8. The molecule has 164 valence electrons. The molecule has 1 fully saturated rings. The van der Waals surface area contributed by atoms with Crippen molar-refractivity contribution in [2.24, 2.45) is 5.92 Å². The van der Waals surface area contributed by atoms with Crippen molar-refractivity contribution in [1.29, 1.82) is 0 Å². The molecule has 3 heterocycles. The number of nitrogens with zero attached hydrogens (tertiary/aromatic N) is 2. The van der Waals surface area contributed by atoms with Crippen LogP contribution in [-0.4, -0.2) is 76.6 Å². The number of anilines is 1. The zero-order valence-corrected chi connectivity index (χ0v) is 18.3. The summed E-state index contributed by atoms with van der Waals surface area (Å²) in [6.45, 7) is 5.68. The van der Waals surface area contributed by atoms with E-state index in [2.05, 4.69) is 5.32 Å². The van der Waals surface area contributed by atoms with E-state index >= 15 is 0 Å². The minimum Gasteiger partial charge on any atom is -0.490 e. The zero-order valence-electron chi connectivity index (χ0n) is 17.5. The van der Waals surface area contributed by atoms with Gasteiger partial charge >= 0.3 is 0 Å². The fourth-order valence-electron chi connectivity index (χ4n) is 4.17. The average Bonchev–Trinajstić information content (AvgIpc) is 3.13. The highest BCUT2D eigenvalue weighted by Crippen LogP contribution is 2.31. The van der Waals surface area contributed by atoms with Gasteiger partial charge in [0, 0.05) is 39.8 Å². The number of benzene rings is 1. The number of ether oxygens (including phenoxy) is 2. The average molecular weight is 436 g/mol. The maximum Gasteiger partial charge on any atom is 0.243 e. The van der Waals surface area contributed by atoms with Crippen molar-refractivity contribution >= 4 is 21.6 Å². The van der Waals surface area contributed by atoms with Gasteiger partial charge in [-0.3, -0.25) is 4.79 Å². The van der Waals surface area contributed by atoms with E-state index in [0.29, 0.717) is 44.3 Å². The van der Waals surface area contributed by atoms with Crippen LogP contribution in [0, 0.1) is 5.92 Å². The van der Waals surface area contributed by atoms with Crippen molar-refractivity contribution < 1.29 is 22.7 Å². The van der Waals surface area contributed by atoms with E-state index in [0.717, 1.165) is 30.6 Å². The highest BCUT2D eigenvalue weighted by Gasteiger charge is 2.32. The van der Waals surface area contributed by atoms with Crippen LogP contribution in [-0.2, 0) is 19.6 Å². The maximum atomic E-state index is 13.1. The van der Waals surface area contributed by atoms with Gasteiger partial charge < -0.3 is 19.7 Å². The Morgan fingerprint density at radius 3 is 2.90 bits per heavy atom. The Bertz CT molecular complexity index is 953. The lowest BCUT2D eigenvalue weighted by molar-refractivity contribution is -0.138. The van der Waals surface area contributed by atoms with E-state index in [1.54, 1.807) is 25.2 Å². The largest absolute Gasteiger partial charge is 0.490 e. The number of carbonyl (C=O) groups excluding carboxylic acids is 1. The smallest absolute Gasteiger partial charge is 0.243 e. The fraction of sp³-hybridized carbons (Fsp3) is 0.571. The number of hydrogen-bond acceptors (Lipinski definition) is 6. The molecule has 0 radical (unpaired) electrons. The number of nitrogens with one attached hydrogen (secondary N) is 1. The van der Waals surface area contributed by atoms with Crippen LogP contribution in [0.2, 0.25) is 0 Å². The lowest BCUT2D eigenvalue weighted by Crippen LogP contribution is -2.39. The number of carbonyl (C=O) groups is 1. The van der Waals surface area contributed by atoms with Crippen molar-refractivity contribution in [3.63, 3.8) is 0 Å². The maximum absolute atomic E-state index is 13.1. The first kappa shape index (κ1) is 21.1. The van der Waals surface area contributed by atoms with E-state index in [1.165, 1.54) is 4.31 Å². The third kappa shape index (κ3) is 4.19. The van der Waals surface area contributed by atoms with E-state index in [1.807, 2.05) is 11.8 Å². The van der Waals surface area contributed by atoms with Crippen molar-refractivity contribution in [2.45, 2.75) is 24.7 Å². The Balaban J connectivity index is 1.43. The first-order chi connectivity index (χ1) is 14.4. The van der Waals surface area contributed by atoms with Gasteiger partial charge in [-0.15, -0.1) is 0 Å². The fourth-order valence-corrected chi connectivity index (χ4v) is 5.36. The molecule has 0 unspecified atom stereocenters. The Morgan fingerprint density at radius 1 is 1.30 bits per heavy atom. The van der Waals surface area contributed by atoms with Crippen LogP contribution >= 0.6 is 0 Å². The number of likely N-dealkylation sites (N-methyl/N-ethyl adjacent to an activating group) is 1. The van der Waals surface area contributed by atoms with Gasteiger partial charge in [-0.05, 0) is 43.5 Å². The molecule has 1 amide bonds. The molecule has 0 saturated carbocycles. The number of sulfonamides is 1. The summed E-state index contributed by atoms with van der Waals surface area (Å²) in [6.07, 6.45) is 1.76. The molecule has 9 heteroatoms. The molecule has 1 N–H and O–H groups in total. The first-order valence-electron chi connectivity index (χ1n) is 10.4. The Labute approximate surface area is 177 Å². The molecule has 3 aliphatic rings. The normalized spacial score (nSPS) is 22.0. The second-order valence-electron chi connectivity index (χ2n) is 8.19. The third-order valence-electron chi connectivity index (χ3n) is 5.98. The zero-order chi connectivity index (χ0) is 21.3. The lowest BCUT2D eigenvalue weighted by atomic mass is 10.0. The van der Waals surface area contributed by atoms with Gasteiger partial charge in [-0.2, -0.15) is 4.31 Å². The number of amides is 1. The molecule has 30 heavy (non-hydrogen) atoms. The van der Waals surface area contributed by atoms with E-state index < -0.39 is 10.0 Å². The van der Waals surface area contributed by atoms with Gasteiger partial charge in [0.25, 0.3) is 0 Å². The van der Waals surface area contributed by atoms with Crippen molar-refractivity contribution in [1.82, 2.24) is 9.21 Å². The standard InChI is InChI=1S/C21H29N3O5S/c1-15-11-24(21(25)16-4-3-8-28-14-16)13-17(15)12-23(2)30(26,27)18-5-6-20-19(10-18)22-7-9-29-20/h5-6,10,16,22H,3-4,7-9,11-14H2,1-2H3/t16-/m0/s1. The summed E-state index contributed by atoms with van der Waals surface area (Å²) in [5.74, 6) is 0.686. The highest BCUT2D eigenvalue weighted by molar-refractivity contribution is 7.89. The van der Waals surface area contributed by atoms with E-state index in [9.17, 15) is 13.2 Å². The van der Waals surface area contributed by atoms with Crippen molar-refractivity contribution in [2.75, 3.05) is 58.4 Å². The predicted octanol–water partition coefficient (Wildman–Crippen LogP) is 1.70. The van der Waals surface area contributed by atoms with Crippen molar-refractivity contribution in [3.8, 4) is 5.75 Å². The van der Waals surface area contributed by atoms with E-state index in [-0.39, 0.29) is 23.3 Å². The van der Waals surface area contributed by atoms with E-state index in [4.69, 9.17) is 9.47 Å². The quantitative estimate of drug-likeness (QED) is 0.709. The molecule has 8 nitrogen and oxygen atoms in total. The molecule has 1 atom stereocenters. The molecule has 0 aromatic heterocycles. The summed E-state index contributed by atoms with van der Waals surface area (Å²) in [4.78, 5) is 14.9. The summed E-state index contributed by atoms with van der Waals surface area (Å²) in [5, 5.41) is 3.17. The second kappa shape index (κ2) is 8.56. The molecule has 1 saturated heterocycles. The third-order valence-corrected chi connectivity index (χ3v) is 7.78. The molecular weight excluding hydrogens is 406 g/mol. The number of rotatable bonds is 5. The molecular formula is C21H29N3O5S. The monoisotopic (exact) mass is 435 g/mol. The van der Waals surface area contributed by atoms with Gasteiger partial charge in [-0.25, -0.2) is 8.42 Å². The second-order valence-corrected chi connectivity index (χ2v) is 10.2. The topological polar surface area (TPSA) is 88.2 Å². The molecule has 0 spiro atoms. The van der Waals surface area contributed by atoms with Crippen LogP contribution in [0.15, 0.2) is 34.2 Å². The predicted molar refractivity (Wildman–Crippen MR) is 113 cm³/mol. The summed E-state index contributed by atoms with van der Waals surface area (Å²) in [5.41, 5.74) is 2.73. The summed E-state index contributed by atoms with van der Waals surface area (Å²) < 4.78 is 38.6. The Morgan fingerprint density at radius 2 is 2.13 bits per heavy atom. The minimum atomic E-state index is -3.66. The highest BCUT2D eigenvalue weighted by atomic mass is 32.2. The van der Waals surface area contributed by atoms with Crippen LogP contribution < -0.4 is 10.1 Å². The Hall–Kier alpha value is -2.10. The van der Waals surface area contributed by atoms with Gasteiger partial charge in [0.15, 0.2) is 0 Å². The molecule has 3 aliphatic heterocycles. The van der Waals surface area contributed by atoms with Gasteiger partial charge in [0.1, 0.15) is 12.4 Å². The SMILES string of the molecule is CC1=C(CN(C)S(=O)(=O)c2ccc3c(c2)NCCO3)CN(C(=O)[C@H]2CCCOC2)C1. The molecule has 4 rings (SSSR count). The van der Waals surface area contributed by atoms with Gasteiger partial charge in [0.2, 0.25) is 15.9 Å². The lowest BCUT2D eigenvalue weighted by Gasteiger charge is -2.27. The van der Waals surface area contributed by atoms with Crippen LogP contribution in [0.1, 0.15) is 19.8 Å². The van der Waals surface area contributed by atoms with Gasteiger partial charge in [0.05, 0.1) is 23.1 Å². The molecule has 0 aliphatic carbocycles. The van der Waals surface area contributed by atoms with Gasteiger partial charge in [-0.1, -0.05) is 5.57 Å². The number of hydrogen-bond donors (Lipinski definition) is 1. The van der Waals surface area contributed by atoms with Crippen LogP contribution in [0.3, 0.4) is 0 Å². The summed E-state index contributed by atoms with van der Waals surface area (Å²) in [6, 6.07) is 4.89. The Kier molecular flexibility index (Phi) is 6.04. The summed E-state index contributed by atoms with van der Waals surface area (Å²) in [7, 11) is -2.08. The molecule has 1 aromatic rings. The molecule has 1 aromatic carbocycles. The number of fused-ring (bicyclic) bond motifs is 1. The van der Waals surface area contributed by atoms with Crippen LogP contribution in [0.5, 0.6) is 5.75 Å². The summed E-state index contributed by atoms with van der Waals surface area (Å²) >= 11 is 0. The minimum absolute atomic E-state index is 0.0856. The van der Waals surface area contributed by atoms with Crippen molar-refractivity contribution in [3.05, 3.63) is 29.3 Å². The molecule has 0 bridgehead atoms.